The van der Waals surface area contributed by atoms with Crippen LogP contribution in [-0.2, 0) is 0 Å². The maximum Gasteiger partial charge on any atom is 0.201 e. The fraction of sp³-hybridized carbons (Fsp3) is 0.333. The third-order valence-electron chi connectivity index (χ3n) is 6.16. The van der Waals surface area contributed by atoms with Crippen LogP contribution in [0.4, 0.5) is 4.39 Å². The number of hydrogen-bond donors (Lipinski definition) is 1. The minimum Gasteiger partial charge on any atom is -0.469 e. The normalized spacial score (nSPS) is 15.5. The third-order valence-corrected chi connectivity index (χ3v) is 6.16. The summed E-state index contributed by atoms with van der Waals surface area (Å²) in [7, 11) is 0. The lowest BCUT2D eigenvalue weighted by Crippen LogP contribution is -2.30. The van der Waals surface area contributed by atoms with Gasteiger partial charge in [-0.2, -0.15) is 10.4 Å². The Labute approximate surface area is 190 Å². The zero-order valence-electron chi connectivity index (χ0n) is 18.5. The van der Waals surface area contributed by atoms with Crippen molar-refractivity contribution in [2.24, 2.45) is 0 Å². The van der Waals surface area contributed by atoms with Gasteiger partial charge < -0.3 is 10.1 Å². The molecule has 0 spiro atoms. The molecule has 9 heteroatoms. The van der Waals surface area contributed by atoms with E-state index in [4.69, 9.17) is 4.74 Å². The van der Waals surface area contributed by atoms with E-state index in [2.05, 4.69) is 38.1 Å². The maximum atomic E-state index is 13.3. The van der Waals surface area contributed by atoms with E-state index < -0.39 is 11.9 Å². The summed E-state index contributed by atoms with van der Waals surface area (Å²) in [5, 5.41) is 17.6. The summed E-state index contributed by atoms with van der Waals surface area (Å²) in [5.74, 6) is 0.0575. The molecule has 5 heterocycles. The minimum atomic E-state index is -0.462. The lowest BCUT2D eigenvalue weighted by molar-refractivity contribution is 0.209. The number of nitrogens with one attached hydrogen (secondary N) is 1. The molecule has 1 atom stereocenters. The summed E-state index contributed by atoms with van der Waals surface area (Å²) in [6.07, 6.45) is 6.20. The van der Waals surface area contributed by atoms with Gasteiger partial charge in [-0.3, -0.25) is 14.1 Å². The zero-order chi connectivity index (χ0) is 22.9. The molecule has 0 radical (unpaired) electrons. The molecule has 0 saturated carbocycles. The van der Waals surface area contributed by atoms with Gasteiger partial charge in [0.25, 0.3) is 0 Å². The molecule has 33 heavy (non-hydrogen) atoms. The van der Waals surface area contributed by atoms with Crippen molar-refractivity contribution in [2.75, 3.05) is 13.1 Å². The summed E-state index contributed by atoms with van der Waals surface area (Å²) in [6, 6.07) is 9.31. The molecule has 4 aromatic heterocycles. The Kier molecular flexibility index (Phi) is 5.52. The number of aromatic nitrogens is 5. The number of hydrogen-bond acceptors (Lipinski definition) is 6. The highest BCUT2D eigenvalue weighted by Gasteiger charge is 2.21. The molecule has 4 aromatic rings. The van der Waals surface area contributed by atoms with Crippen LogP contribution in [0.5, 0.6) is 5.88 Å². The Morgan fingerprint density at radius 3 is 2.73 bits per heavy atom. The SMILES string of the molecule is Cc1c(-c2cc(O[C@H](C)c3ccc(F)cn3)n3c(C#N)cnc3c2)cnn1C1CCNCC1. The van der Waals surface area contributed by atoms with E-state index in [0.717, 1.165) is 48.9 Å². The summed E-state index contributed by atoms with van der Waals surface area (Å²) >= 11 is 0. The fourth-order valence-electron chi connectivity index (χ4n) is 4.39. The Morgan fingerprint density at radius 1 is 1.18 bits per heavy atom. The molecule has 1 fully saturated rings. The Morgan fingerprint density at radius 2 is 2.00 bits per heavy atom. The van der Waals surface area contributed by atoms with Crippen molar-refractivity contribution in [1.29, 1.82) is 5.26 Å². The second kappa shape index (κ2) is 8.64. The Bertz CT molecular complexity index is 1330. The molecule has 1 aliphatic rings. The number of nitriles is 1. The smallest absolute Gasteiger partial charge is 0.201 e. The quantitative estimate of drug-likeness (QED) is 0.500. The van der Waals surface area contributed by atoms with E-state index >= 15 is 0 Å². The van der Waals surface area contributed by atoms with Crippen molar-refractivity contribution in [3.05, 3.63) is 65.8 Å². The van der Waals surface area contributed by atoms with Gasteiger partial charge in [-0.25, -0.2) is 9.37 Å². The first kappa shape index (κ1) is 21.1. The van der Waals surface area contributed by atoms with Crippen LogP contribution in [0.3, 0.4) is 0 Å². The van der Waals surface area contributed by atoms with Gasteiger partial charge in [-0.15, -0.1) is 0 Å². The van der Waals surface area contributed by atoms with Crippen LogP contribution in [0.2, 0.25) is 0 Å². The molecule has 1 saturated heterocycles. The first-order valence-corrected chi connectivity index (χ1v) is 11.0. The maximum absolute atomic E-state index is 13.3. The summed E-state index contributed by atoms with van der Waals surface area (Å²) in [6.45, 7) is 5.89. The van der Waals surface area contributed by atoms with E-state index in [0.29, 0.717) is 29.0 Å². The molecule has 0 unspecified atom stereocenters. The van der Waals surface area contributed by atoms with Crippen molar-refractivity contribution in [3.8, 4) is 23.1 Å². The predicted octanol–water partition coefficient (Wildman–Crippen LogP) is 3.98. The van der Waals surface area contributed by atoms with E-state index in [1.165, 1.54) is 12.3 Å². The van der Waals surface area contributed by atoms with Gasteiger partial charge in [0.2, 0.25) is 5.88 Å². The molecular weight excluding hydrogens is 421 g/mol. The lowest BCUT2D eigenvalue weighted by Gasteiger charge is -2.24. The average molecular weight is 446 g/mol. The number of pyridine rings is 2. The highest BCUT2D eigenvalue weighted by Crippen LogP contribution is 2.33. The van der Waals surface area contributed by atoms with Gasteiger partial charge in [-0.1, -0.05) is 0 Å². The molecule has 1 aliphatic heterocycles. The number of piperidine rings is 1. The number of ether oxygens (including phenoxy) is 1. The number of fused-ring (bicyclic) bond motifs is 1. The highest BCUT2D eigenvalue weighted by atomic mass is 19.1. The second-order valence-electron chi connectivity index (χ2n) is 8.26. The number of halogens is 1. The fourth-order valence-corrected chi connectivity index (χ4v) is 4.39. The van der Waals surface area contributed by atoms with E-state index in [1.807, 2.05) is 25.3 Å². The molecule has 1 N–H and O–H groups in total. The molecular formula is C24H24FN7O. The van der Waals surface area contributed by atoms with E-state index in [9.17, 15) is 9.65 Å². The zero-order valence-corrected chi connectivity index (χ0v) is 18.5. The minimum absolute atomic E-state index is 0.368. The molecule has 0 amide bonds. The van der Waals surface area contributed by atoms with E-state index in [1.54, 1.807) is 10.5 Å². The van der Waals surface area contributed by atoms with Crippen LogP contribution in [-0.4, -0.2) is 37.2 Å². The van der Waals surface area contributed by atoms with Gasteiger partial charge in [0.15, 0.2) is 0 Å². The van der Waals surface area contributed by atoms with Crippen molar-refractivity contribution in [2.45, 2.75) is 38.8 Å². The number of nitrogens with zero attached hydrogens (tertiary/aromatic N) is 6. The van der Waals surface area contributed by atoms with E-state index in [-0.39, 0.29) is 0 Å². The molecule has 5 rings (SSSR count). The predicted molar refractivity (Wildman–Crippen MR) is 120 cm³/mol. The van der Waals surface area contributed by atoms with Crippen LogP contribution in [0, 0.1) is 24.1 Å². The Balaban J connectivity index is 1.55. The lowest BCUT2D eigenvalue weighted by atomic mass is 10.1. The van der Waals surface area contributed by atoms with Crippen molar-refractivity contribution >= 4 is 5.65 Å². The summed E-state index contributed by atoms with van der Waals surface area (Å²) in [4.78, 5) is 8.54. The third kappa shape index (κ3) is 3.94. The average Bonchev–Trinajstić information content (AvgIpc) is 3.43. The highest BCUT2D eigenvalue weighted by molar-refractivity contribution is 5.71. The molecule has 168 valence electrons. The van der Waals surface area contributed by atoms with Gasteiger partial charge in [0.1, 0.15) is 29.3 Å². The van der Waals surface area contributed by atoms with Gasteiger partial charge in [0.05, 0.1) is 30.3 Å². The molecule has 0 bridgehead atoms. The first-order valence-electron chi connectivity index (χ1n) is 11.0. The molecule has 0 aromatic carbocycles. The number of imidazole rings is 1. The first-order chi connectivity index (χ1) is 16.0. The van der Waals surface area contributed by atoms with Crippen molar-refractivity contribution < 1.29 is 9.13 Å². The number of rotatable bonds is 5. The van der Waals surface area contributed by atoms with Crippen molar-refractivity contribution in [3.63, 3.8) is 0 Å². The van der Waals surface area contributed by atoms with Crippen LogP contribution in [0.1, 0.15) is 49.0 Å². The standard InChI is InChI=1S/C24H24FN7O/c1-15-21(14-30-32(15)19-5-7-27-8-6-19)17-9-23-29-13-20(11-26)31(23)24(10-17)33-16(2)22-4-3-18(25)12-28-22/h3-4,9-10,12-14,16,19,27H,5-8H2,1-2H3/t16-/m1/s1. The summed E-state index contributed by atoms with van der Waals surface area (Å²) in [5.41, 5.74) is 4.54. The molecule has 8 nitrogen and oxygen atoms in total. The second-order valence-corrected chi connectivity index (χ2v) is 8.26. The Hall–Kier alpha value is -3.77. The monoisotopic (exact) mass is 445 g/mol. The van der Waals surface area contributed by atoms with Crippen LogP contribution < -0.4 is 10.1 Å². The largest absolute Gasteiger partial charge is 0.469 e. The van der Waals surface area contributed by atoms with Crippen LogP contribution >= 0.6 is 0 Å². The summed E-state index contributed by atoms with van der Waals surface area (Å²) < 4.78 is 23.3. The van der Waals surface area contributed by atoms with Gasteiger partial charge in [-0.05, 0) is 63.5 Å². The van der Waals surface area contributed by atoms with Gasteiger partial charge in [0, 0.05) is 17.3 Å². The van der Waals surface area contributed by atoms with Gasteiger partial charge >= 0.3 is 0 Å². The molecule has 0 aliphatic carbocycles. The van der Waals surface area contributed by atoms with Crippen molar-refractivity contribution in [1.82, 2.24) is 29.5 Å². The topological polar surface area (TPSA) is 93.1 Å². The van der Waals surface area contributed by atoms with Crippen LogP contribution in [0.25, 0.3) is 16.8 Å². The van der Waals surface area contributed by atoms with Crippen LogP contribution in [0.15, 0.2) is 42.9 Å².